The van der Waals surface area contributed by atoms with E-state index >= 15 is 0 Å². The Bertz CT molecular complexity index is 805. The zero-order chi connectivity index (χ0) is 18.5. The lowest BCUT2D eigenvalue weighted by atomic mass is 10.1. The molecule has 134 valence electrons. The highest BCUT2D eigenvalue weighted by atomic mass is 16.5. The first kappa shape index (κ1) is 17.6. The molecular formula is C19H19N3O4. The minimum absolute atomic E-state index is 0.129. The number of morpholine rings is 1. The summed E-state index contributed by atoms with van der Waals surface area (Å²) in [6.45, 7) is 0.778. The molecule has 26 heavy (non-hydrogen) atoms. The SMILES string of the molecule is NC(=O)C1CN(C(=O)c2ccc(C(=O)Nc3ccccc3)cc2)CCO1. The number of para-hydroxylation sites is 1. The van der Waals surface area contributed by atoms with E-state index < -0.39 is 12.0 Å². The van der Waals surface area contributed by atoms with Crippen molar-refractivity contribution in [2.45, 2.75) is 6.10 Å². The van der Waals surface area contributed by atoms with Crippen LogP contribution >= 0.6 is 0 Å². The number of hydrogen-bond acceptors (Lipinski definition) is 4. The first-order valence-electron chi connectivity index (χ1n) is 8.21. The largest absolute Gasteiger partial charge is 0.367 e. The van der Waals surface area contributed by atoms with Crippen LogP contribution in [0.2, 0.25) is 0 Å². The molecule has 0 bridgehead atoms. The van der Waals surface area contributed by atoms with Gasteiger partial charge in [-0.3, -0.25) is 14.4 Å². The summed E-state index contributed by atoms with van der Waals surface area (Å²) < 4.78 is 5.24. The van der Waals surface area contributed by atoms with Gasteiger partial charge in [0.15, 0.2) is 6.10 Å². The molecule has 2 aromatic rings. The molecule has 1 atom stereocenters. The number of hydrogen-bond donors (Lipinski definition) is 2. The Morgan fingerprint density at radius 1 is 1.00 bits per heavy atom. The predicted octanol–water partition coefficient (Wildman–Crippen LogP) is 1.27. The van der Waals surface area contributed by atoms with Gasteiger partial charge in [0.25, 0.3) is 11.8 Å². The number of primary amides is 1. The second-order valence-electron chi connectivity index (χ2n) is 5.91. The van der Waals surface area contributed by atoms with Gasteiger partial charge in [0.2, 0.25) is 5.91 Å². The molecule has 3 rings (SSSR count). The van der Waals surface area contributed by atoms with Gasteiger partial charge < -0.3 is 20.7 Å². The van der Waals surface area contributed by atoms with E-state index in [1.54, 1.807) is 36.4 Å². The van der Waals surface area contributed by atoms with Crippen molar-refractivity contribution in [2.24, 2.45) is 5.73 Å². The van der Waals surface area contributed by atoms with Gasteiger partial charge in [-0.1, -0.05) is 18.2 Å². The number of ether oxygens (including phenoxy) is 1. The Morgan fingerprint density at radius 2 is 1.65 bits per heavy atom. The van der Waals surface area contributed by atoms with E-state index in [1.807, 2.05) is 18.2 Å². The third kappa shape index (κ3) is 4.07. The summed E-state index contributed by atoms with van der Waals surface area (Å²) in [7, 11) is 0. The van der Waals surface area contributed by atoms with E-state index in [4.69, 9.17) is 10.5 Å². The second kappa shape index (κ2) is 7.79. The van der Waals surface area contributed by atoms with Crippen LogP contribution < -0.4 is 11.1 Å². The second-order valence-corrected chi connectivity index (χ2v) is 5.91. The molecule has 0 aromatic heterocycles. The third-order valence-corrected chi connectivity index (χ3v) is 4.10. The minimum Gasteiger partial charge on any atom is -0.367 e. The van der Waals surface area contributed by atoms with Gasteiger partial charge in [-0.15, -0.1) is 0 Å². The van der Waals surface area contributed by atoms with E-state index in [1.165, 1.54) is 4.90 Å². The molecule has 7 heteroatoms. The fourth-order valence-electron chi connectivity index (χ4n) is 2.68. The Morgan fingerprint density at radius 3 is 2.31 bits per heavy atom. The highest BCUT2D eigenvalue weighted by molar-refractivity contribution is 6.05. The number of rotatable bonds is 4. The predicted molar refractivity (Wildman–Crippen MR) is 95.7 cm³/mol. The quantitative estimate of drug-likeness (QED) is 0.864. The molecule has 3 N–H and O–H groups in total. The molecule has 1 unspecified atom stereocenters. The molecule has 1 heterocycles. The summed E-state index contributed by atoms with van der Waals surface area (Å²) in [5, 5.41) is 2.79. The molecule has 0 radical (unpaired) electrons. The van der Waals surface area contributed by atoms with Gasteiger partial charge in [-0.05, 0) is 36.4 Å². The summed E-state index contributed by atoms with van der Waals surface area (Å²) in [6.07, 6.45) is -0.788. The Labute approximate surface area is 150 Å². The standard InChI is InChI=1S/C19H19N3O4/c20-17(23)16-12-22(10-11-26-16)19(25)14-8-6-13(7-9-14)18(24)21-15-4-2-1-3-5-15/h1-9,16H,10-12H2,(H2,20,23)(H,21,24). The number of nitrogens with two attached hydrogens (primary N) is 1. The normalized spacial score (nSPS) is 16.8. The van der Waals surface area contributed by atoms with Crippen molar-refractivity contribution < 1.29 is 19.1 Å². The van der Waals surface area contributed by atoms with Crippen molar-refractivity contribution >= 4 is 23.4 Å². The molecule has 1 aliphatic heterocycles. The lowest BCUT2D eigenvalue weighted by molar-refractivity contribution is -0.133. The van der Waals surface area contributed by atoms with Crippen LogP contribution in [0.15, 0.2) is 54.6 Å². The molecule has 0 aliphatic carbocycles. The number of amides is 3. The highest BCUT2D eigenvalue weighted by Crippen LogP contribution is 2.13. The number of nitrogens with zero attached hydrogens (tertiary/aromatic N) is 1. The van der Waals surface area contributed by atoms with E-state index in [0.717, 1.165) is 0 Å². The maximum atomic E-state index is 12.6. The third-order valence-electron chi connectivity index (χ3n) is 4.10. The molecule has 1 saturated heterocycles. The summed E-state index contributed by atoms with van der Waals surface area (Å²) in [5.74, 6) is -1.07. The van der Waals surface area contributed by atoms with Crippen molar-refractivity contribution in [1.82, 2.24) is 4.90 Å². The highest BCUT2D eigenvalue weighted by Gasteiger charge is 2.28. The first-order valence-corrected chi connectivity index (χ1v) is 8.21. The molecule has 1 aliphatic rings. The summed E-state index contributed by atoms with van der Waals surface area (Å²) in [4.78, 5) is 37.6. The van der Waals surface area contributed by atoms with Crippen LogP contribution in [0, 0.1) is 0 Å². The number of carbonyl (C=O) groups excluding carboxylic acids is 3. The number of carbonyl (C=O) groups is 3. The first-order chi connectivity index (χ1) is 12.5. The van der Waals surface area contributed by atoms with Gasteiger partial charge >= 0.3 is 0 Å². The molecule has 7 nitrogen and oxygen atoms in total. The molecule has 3 amide bonds. The Balaban J connectivity index is 1.66. The fourth-order valence-corrected chi connectivity index (χ4v) is 2.68. The van der Waals surface area contributed by atoms with Crippen LogP contribution in [0.25, 0.3) is 0 Å². The molecular weight excluding hydrogens is 334 g/mol. The van der Waals surface area contributed by atoms with Crippen LogP contribution in [-0.2, 0) is 9.53 Å². The molecule has 0 spiro atoms. The van der Waals surface area contributed by atoms with Crippen molar-refractivity contribution in [2.75, 3.05) is 25.0 Å². The summed E-state index contributed by atoms with van der Waals surface area (Å²) in [6, 6.07) is 15.5. The average Bonchev–Trinajstić information content (AvgIpc) is 2.68. The summed E-state index contributed by atoms with van der Waals surface area (Å²) in [5.41, 5.74) is 6.82. The topological polar surface area (TPSA) is 102 Å². The maximum Gasteiger partial charge on any atom is 0.255 e. The number of nitrogens with one attached hydrogen (secondary N) is 1. The van der Waals surface area contributed by atoms with Crippen LogP contribution in [-0.4, -0.2) is 48.4 Å². The van der Waals surface area contributed by atoms with Crippen LogP contribution in [0.1, 0.15) is 20.7 Å². The zero-order valence-electron chi connectivity index (χ0n) is 14.1. The number of benzene rings is 2. The van der Waals surface area contributed by atoms with Crippen molar-refractivity contribution in [3.63, 3.8) is 0 Å². The molecule has 0 saturated carbocycles. The lowest BCUT2D eigenvalue weighted by Gasteiger charge is -2.31. The van der Waals surface area contributed by atoms with Crippen molar-refractivity contribution in [3.8, 4) is 0 Å². The molecule has 1 fully saturated rings. The zero-order valence-corrected chi connectivity index (χ0v) is 14.1. The minimum atomic E-state index is -0.788. The van der Waals surface area contributed by atoms with E-state index in [-0.39, 0.29) is 25.0 Å². The van der Waals surface area contributed by atoms with E-state index in [0.29, 0.717) is 23.4 Å². The Kier molecular flexibility index (Phi) is 5.28. The van der Waals surface area contributed by atoms with Crippen LogP contribution in [0.5, 0.6) is 0 Å². The smallest absolute Gasteiger partial charge is 0.255 e. The summed E-state index contributed by atoms with van der Waals surface area (Å²) >= 11 is 0. The van der Waals surface area contributed by atoms with Crippen LogP contribution in [0.3, 0.4) is 0 Å². The monoisotopic (exact) mass is 353 g/mol. The van der Waals surface area contributed by atoms with E-state index in [9.17, 15) is 14.4 Å². The van der Waals surface area contributed by atoms with Gasteiger partial charge in [0, 0.05) is 23.4 Å². The van der Waals surface area contributed by atoms with Gasteiger partial charge in [0.05, 0.1) is 13.2 Å². The van der Waals surface area contributed by atoms with E-state index in [2.05, 4.69) is 5.32 Å². The van der Waals surface area contributed by atoms with Gasteiger partial charge in [-0.25, -0.2) is 0 Å². The van der Waals surface area contributed by atoms with Gasteiger partial charge in [0.1, 0.15) is 0 Å². The van der Waals surface area contributed by atoms with Crippen LogP contribution in [0.4, 0.5) is 5.69 Å². The van der Waals surface area contributed by atoms with Crippen molar-refractivity contribution in [3.05, 3.63) is 65.7 Å². The average molecular weight is 353 g/mol. The molecule has 2 aromatic carbocycles. The lowest BCUT2D eigenvalue weighted by Crippen LogP contribution is -2.50. The maximum absolute atomic E-state index is 12.6. The fraction of sp³-hybridized carbons (Fsp3) is 0.211. The van der Waals surface area contributed by atoms with Gasteiger partial charge in [-0.2, -0.15) is 0 Å². The van der Waals surface area contributed by atoms with Crippen molar-refractivity contribution in [1.29, 1.82) is 0 Å². The Hall–Kier alpha value is -3.19. The number of anilines is 1.